The molecule has 1 aromatic heterocycles. The lowest BCUT2D eigenvalue weighted by molar-refractivity contribution is 0.564. The summed E-state index contributed by atoms with van der Waals surface area (Å²) in [6.07, 6.45) is 0. The molecular weight excluding hydrogens is 284 g/mol. The number of rotatable bonds is 2. The number of anilines is 2. The summed E-state index contributed by atoms with van der Waals surface area (Å²) < 4.78 is 5.24. The molecule has 0 amide bonds. The van der Waals surface area contributed by atoms with Gasteiger partial charge in [-0.1, -0.05) is 36.4 Å². The Morgan fingerprint density at radius 1 is 0.952 bits per heavy atom. The van der Waals surface area contributed by atoms with Crippen LogP contribution in [0.3, 0.4) is 0 Å². The molecule has 0 fully saturated rings. The zero-order chi connectivity index (χ0) is 14.7. The Kier molecular flexibility index (Phi) is 3.66. The SMILES string of the molecule is O=c1oc2ccccc2cc1NC(=S)Nc1ccccc1. The number of hydrogen-bond donors (Lipinski definition) is 2. The molecule has 2 N–H and O–H groups in total. The molecule has 3 rings (SSSR count). The van der Waals surface area contributed by atoms with Gasteiger partial charge in [-0.05, 0) is 36.5 Å². The highest BCUT2D eigenvalue weighted by Gasteiger charge is 2.06. The van der Waals surface area contributed by atoms with Crippen molar-refractivity contribution in [3.8, 4) is 0 Å². The maximum Gasteiger partial charge on any atom is 0.360 e. The van der Waals surface area contributed by atoms with Gasteiger partial charge in [-0.2, -0.15) is 0 Å². The summed E-state index contributed by atoms with van der Waals surface area (Å²) in [6, 6.07) is 18.5. The molecule has 21 heavy (non-hydrogen) atoms. The first-order valence-corrected chi connectivity index (χ1v) is 6.79. The summed E-state index contributed by atoms with van der Waals surface area (Å²) in [5.74, 6) is 0. The van der Waals surface area contributed by atoms with Crippen LogP contribution in [0.4, 0.5) is 11.4 Å². The summed E-state index contributed by atoms with van der Waals surface area (Å²) in [6.45, 7) is 0. The first kappa shape index (κ1) is 13.3. The maximum atomic E-state index is 11.9. The lowest BCUT2D eigenvalue weighted by Crippen LogP contribution is -2.22. The molecule has 0 aliphatic rings. The molecule has 0 aliphatic heterocycles. The standard InChI is InChI=1S/C16H12N2O2S/c19-15-13(10-11-6-4-5-9-14(11)20-15)18-16(21)17-12-7-2-1-3-8-12/h1-10H,(H2,17,18,21). The van der Waals surface area contributed by atoms with Gasteiger partial charge in [0.05, 0.1) is 0 Å². The van der Waals surface area contributed by atoms with Crippen molar-refractivity contribution in [2.24, 2.45) is 0 Å². The summed E-state index contributed by atoms with van der Waals surface area (Å²) in [5.41, 5.74) is 1.25. The molecule has 0 unspecified atom stereocenters. The third-order valence-corrected chi connectivity index (χ3v) is 3.13. The molecule has 0 radical (unpaired) electrons. The van der Waals surface area contributed by atoms with Gasteiger partial charge in [0.1, 0.15) is 11.3 Å². The van der Waals surface area contributed by atoms with E-state index in [1.54, 1.807) is 12.1 Å². The molecule has 0 bridgehead atoms. The Morgan fingerprint density at radius 2 is 1.67 bits per heavy atom. The molecule has 1 heterocycles. The van der Waals surface area contributed by atoms with Crippen LogP contribution in [0.1, 0.15) is 0 Å². The number of thiocarbonyl (C=S) groups is 1. The maximum absolute atomic E-state index is 11.9. The molecular formula is C16H12N2O2S. The van der Waals surface area contributed by atoms with E-state index >= 15 is 0 Å². The van der Waals surface area contributed by atoms with Crippen molar-refractivity contribution >= 4 is 39.7 Å². The van der Waals surface area contributed by atoms with E-state index in [-0.39, 0.29) is 0 Å². The number of para-hydroxylation sites is 2. The molecule has 0 atom stereocenters. The fourth-order valence-corrected chi connectivity index (χ4v) is 2.18. The number of fused-ring (bicyclic) bond motifs is 1. The summed E-state index contributed by atoms with van der Waals surface area (Å²) in [7, 11) is 0. The summed E-state index contributed by atoms with van der Waals surface area (Å²) >= 11 is 5.20. The fourth-order valence-electron chi connectivity index (χ4n) is 1.96. The van der Waals surface area contributed by atoms with Crippen molar-refractivity contribution in [3.63, 3.8) is 0 Å². The Morgan fingerprint density at radius 3 is 2.48 bits per heavy atom. The highest BCUT2D eigenvalue weighted by Crippen LogP contribution is 2.15. The van der Waals surface area contributed by atoms with Gasteiger partial charge in [-0.25, -0.2) is 4.79 Å². The van der Waals surface area contributed by atoms with E-state index in [4.69, 9.17) is 16.6 Å². The second kappa shape index (κ2) is 5.76. The lowest BCUT2D eigenvalue weighted by atomic mass is 10.2. The average molecular weight is 296 g/mol. The van der Waals surface area contributed by atoms with Crippen molar-refractivity contribution in [2.45, 2.75) is 0 Å². The Labute approximate surface area is 126 Å². The molecule has 0 saturated carbocycles. The van der Waals surface area contributed by atoms with Crippen molar-refractivity contribution < 1.29 is 4.42 Å². The highest BCUT2D eigenvalue weighted by molar-refractivity contribution is 7.80. The van der Waals surface area contributed by atoms with E-state index in [1.807, 2.05) is 48.5 Å². The quantitative estimate of drug-likeness (QED) is 0.559. The minimum Gasteiger partial charge on any atom is -0.421 e. The van der Waals surface area contributed by atoms with Gasteiger partial charge in [0.25, 0.3) is 0 Å². The number of hydrogen-bond acceptors (Lipinski definition) is 3. The topological polar surface area (TPSA) is 54.3 Å². The van der Waals surface area contributed by atoms with Gasteiger partial charge < -0.3 is 15.1 Å². The zero-order valence-corrected chi connectivity index (χ0v) is 11.8. The minimum atomic E-state index is -0.453. The number of benzene rings is 2. The summed E-state index contributed by atoms with van der Waals surface area (Å²) in [4.78, 5) is 11.9. The van der Waals surface area contributed by atoms with Gasteiger partial charge >= 0.3 is 5.63 Å². The molecule has 0 saturated heterocycles. The first-order valence-electron chi connectivity index (χ1n) is 6.38. The monoisotopic (exact) mass is 296 g/mol. The lowest BCUT2D eigenvalue weighted by Gasteiger charge is -2.09. The highest BCUT2D eigenvalue weighted by atomic mass is 32.1. The van der Waals surface area contributed by atoms with Gasteiger partial charge in [-0.15, -0.1) is 0 Å². The van der Waals surface area contributed by atoms with E-state index in [2.05, 4.69) is 10.6 Å². The predicted octanol–water partition coefficient (Wildman–Crippen LogP) is 3.60. The molecule has 0 aliphatic carbocycles. The van der Waals surface area contributed by atoms with E-state index in [9.17, 15) is 4.79 Å². The van der Waals surface area contributed by atoms with Crippen LogP contribution in [0.5, 0.6) is 0 Å². The largest absolute Gasteiger partial charge is 0.421 e. The predicted molar refractivity (Wildman–Crippen MR) is 88.8 cm³/mol. The third kappa shape index (κ3) is 3.09. The smallest absolute Gasteiger partial charge is 0.360 e. The van der Waals surface area contributed by atoms with Crippen molar-refractivity contribution in [1.82, 2.24) is 0 Å². The van der Waals surface area contributed by atoms with Crippen LogP contribution < -0.4 is 16.3 Å². The molecule has 104 valence electrons. The van der Waals surface area contributed by atoms with Crippen LogP contribution in [0, 0.1) is 0 Å². The van der Waals surface area contributed by atoms with Gasteiger partial charge in [0.2, 0.25) is 0 Å². The Bertz CT molecular complexity index is 844. The van der Waals surface area contributed by atoms with Crippen molar-refractivity contribution in [1.29, 1.82) is 0 Å². The van der Waals surface area contributed by atoms with E-state index in [0.29, 0.717) is 16.4 Å². The minimum absolute atomic E-state index is 0.308. The van der Waals surface area contributed by atoms with Crippen LogP contribution >= 0.6 is 12.2 Å². The van der Waals surface area contributed by atoms with Crippen molar-refractivity contribution in [2.75, 3.05) is 10.6 Å². The fraction of sp³-hybridized carbons (Fsp3) is 0. The van der Waals surface area contributed by atoms with E-state index < -0.39 is 5.63 Å². The van der Waals surface area contributed by atoms with Crippen LogP contribution in [0.25, 0.3) is 11.0 Å². The normalized spacial score (nSPS) is 10.3. The van der Waals surface area contributed by atoms with E-state index in [1.165, 1.54) is 0 Å². The van der Waals surface area contributed by atoms with E-state index in [0.717, 1.165) is 11.1 Å². The summed E-state index contributed by atoms with van der Waals surface area (Å²) in [5, 5.41) is 7.04. The Hall–Kier alpha value is -2.66. The van der Waals surface area contributed by atoms with Gasteiger partial charge in [0, 0.05) is 11.1 Å². The van der Waals surface area contributed by atoms with Crippen LogP contribution in [0.2, 0.25) is 0 Å². The zero-order valence-electron chi connectivity index (χ0n) is 11.0. The van der Waals surface area contributed by atoms with Gasteiger partial charge in [0.15, 0.2) is 5.11 Å². The first-order chi connectivity index (χ1) is 10.2. The van der Waals surface area contributed by atoms with Gasteiger partial charge in [-0.3, -0.25) is 0 Å². The molecule has 5 heteroatoms. The van der Waals surface area contributed by atoms with Crippen molar-refractivity contribution in [3.05, 3.63) is 71.1 Å². The van der Waals surface area contributed by atoms with Crippen LogP contribution in [-0.4, -0.2) is 5.11 Å². The molecule has 0 spiro atoms. The second-order valence-electron chi connectivity index (χ2n) is 4.43. The number of nitrogens with one attached hydrogen (secondary N) is 2. The average Bonchev–Trinajstić information content (AvgIpc) is 2.49. The third-order valence-electron chi connectivity index (χ3n) is 2.92. The molecule has 4 nitrogen and oxygen atoms in total. The molecule has 2 aromatic carbocycles. The van der Waals surface area contributed by atoms with Crippen LogP contribution in [0.15, 0.2) is 69.9 Å². The molecule has 3 aromatic rings. The Balaban J connectivity index is 1.83. The van der Waals surface area contributed by atoms with Crippen LogP contribution in [-0.2, 0) is 0 Å². The second-order valence-corrected chi connectivity index (χ2v) is 4.84.